The van der Waals surface area contributed by atoms with Gasteiger partial charge in [-0.3, -0.25) is 0 Å². The fourth-order valence-electron chi connectivity index (χ4n) is 1.38. The van der Waals surface area contributed by atoms with E-state index in [1.54, 1.807) is 7.11 Å². The lowest BCUT2D eigenvalue weighted by Gasteiger charge is -2.26. The highest BCUT2D eigenvalue weighted by molar-refractivity contribution is 9.10. The van der Waals surface area contributed by atoms with Crippen molar-refractivity contribution in [3.63, 3.8) is 0 Å². The summed E-state index contributed by atoms with van der Waals surface area (Å²) in [5.41, 5.74) is 1.05. The summed E-state index contributed by atoms with van der Waals surface area (Å²) in [6.07, 6.45) is 0.244. The van der Waals surface area contributed by atoms with Gasteiger partial charge in [0.05, 0.1) is 26.9 Å². The number of benzene rings is 1. The van der Waals surface area contributed by atoms with Gasteiger partial charge in [-0.25, -0.2) is 0 Å². The van der Waals surface area contributed by atoms with Crippen LogP contribution in [-0.2, 0) is 16.1 Å². The van der Waals surface area contributed by atoms with Crippen molar-refractivity contribution >= 4 is 15.9 Å². The Morgan fingerprint density at radius 2 is 2.27 bits per heavy atom. The maximum atomic E-state index is 5.64. The average molecular weight is 273 g/mol. The zero-order valence-corrected chi connectivity index (χ0v) is 10.1. The molecule has 1 aromatic rings. The number of ether oxygens (including phenoxy) is 3. The van der Waals surface area contributed by atoms with Gasteiger partial charge in [0, 0.05) is 10.0 Å². The molecule has 0 saturated carbocycles. The average Bonchev–Trinajstić information content (AvgIpc) is 2.16. The Balaban J connectivity index is 2.00. The van der Waals surface area contributed by atoms with Gasteiger partial charge < -0.3 is 14.2 Å². The van der Waals surface area contributed by atoms with Crippen molar-refractivity contribution in [3.8, 4) is 5.75 Å². The van der Waals surface area contributed by atoms with Gasteiger partial charge in [-0.15, -0.1) is 0 Å². The van der Waals surface area contributed by atoms with Crippen LogP contribution in [0.5, 0.6) is 5.75 Å². The molecule has 82 valence electrons. The lowest BCUT2D eigenvalue weighted by molar-refractivity contribution is -0.135. The molecule has 1 saturated heterocycles. The van der Waals surface area contributed by atoms with E-state index in [1.165, 1.54) is 0 Å². The van der Waals surface area contributed by atoms with Gasteiger partial charge in [-0.05, 0) is 18.2 Å². The minimum atomic E-state index is 0.244. The van der Waals surface area contributed by atoms with E-state index in [0.717, 1.165) is 15.8 Å². The summed E-state index contributed by atoms with van der Waals surface area (Å²) < 4.78 is 17.0. The molecule has 0 atom stereocenters. The maximum Gasteiger partial charge on any atom is 0.124 e. The highest BCUT2D eigenvalue weighted by atomic mass is 79.9. The third-order valence-electron chi connectivity index (χ3n) is 2.32. The summed E-state index contributed by atoms with van der Waals surface area (Å²) in [4.78, 5) is 0. The molecule has 3 nitrogen and oxygen atoms in total. The van der Waals surface area contributed by atoms with Crippen molar-refractivity contribution in [3.05, 3.63) is 28.2 Å². The van der Waals surface area contributed by atoms with E-state index in [4.69, 9.17) is 14.2 Å². The molecule has 0 aromatic heterocycles. The fraction of sp³-hybridized carbons (Fsp3) is 0.455. The van der Waals surface area contributed by atoms with Crippen LogP contribution in [0.25, 0.3) is 0 Å². The topological polar surface area (TPSA) is 27.7 Å². The zero-order valence-electron chi connectivity index (χ0n) is 8.53. The highest BCUT2D eigenvalue weighted by Crippen LogP contribution is 2.24. The van der Waals surface area contributed by atoms with Crippen molar-refractivity contribution in [2.24, 2.45) is 0 Å². The lowest BCUT2D eigenvalue weighted by Crippen LogP contribution is -2.35. The van der Waals surface area contributed by atoms with Crippen LogP contribution in [0.3, 0.4) is 0 Å². The molecule has 2 rings (SSSR count). The van der Waals surface area contributed by atoms with Crippen molar-refractivity contribution in [1.82, 2.24) is 0 Å². The Morgan fingerprint density at radius 1 is 1.47 bits per heavy atom. The Bertz CT molecular complexity index is 337. The van der Waals surface area contributed by atoms with Crippen molar-refractivity contribution < 1.29 is 14.2 Å². The van der Waals surface area contributed by atoms with Crippen LogP contribution in [0.4, 0.5) is 0 Å². The molecule has 0 N–H and O–H groups in total. The molecular weight excluding hydrogens is 260 g/mol. The third-order valence-corrected chi connectivity index (χ3v) is 2.82. The van der Waals surface area contributed by atoms with E-state index >= 15 is 0 Å². The predicted octanol–water partition coefficient (Wildman–Crippen LogP) is 2.37. The predicted molar refractivity (Wildman–Crippen MR) is 60.1 cm³/mol. The quantitative estimate of drug-likeness (QED) is 0.843. The molecule has 0 aliphatic carbocycles. The molecule has 1 aliphatic heterocycles. The zero-order chi connectivity index (χ0) is 10.7. The highest BCUT2D eigenvalue weighted by Gasteiger charge is 2.19. The monoisotopic (exact) mass is 272 g/mol. The van der Waals surface area contributed by atoms with Crippen LogP contribution < -0.4 is 4.74 Å². The van der Waals surface area contributed by atoms with Gasteiger partial charge in [-0.2, -0.15) is 0 Å². The second-order valence-corrected chi connectivity index (χ2v) is 4.34. The summed E-state index contributed by atoms with van der Waals surface area (Å²) >= 11 is 3.43. The molecule has 0 spiro atoms. The minimum Gasteiger partial charge on any atom is -0.496 e. The van der Waals surface area contributed by atoms with Crippen molar-refractivity contribution in [2.45, 2.75) is 12.7 Å². The number of halogens is 1. The summed E-state index contributed by atoms with van der Waals surface area (Å²) in [6, 6.07) is 5.90. The third kappa shape index (κ3) is 2.71. The standard InChI is InChI=1S/C11H13BrO3/c1-13-11-3-2-9(12)4-8(11)5-15-10-6-14-7-10/h2-4,10H,5-7H2,1H3. The first-order valence-electron chi connectivity index (χ1n) is 4.81. The van der Waals surface area contributed by atoms with E-state index in [1.807, 2.05) is 18.2 Å². The second kappa shape index (κ2) is 4.96. The number of hydrogen-bond acceptors (Lipinski definition) is 3. The Labute approximate surface area is 97.5 Å². The van der Waals surface area contributed by atoms with Crippen LogP contribution in [0, 0.1) is 0 Å². The van der Waals surface area contributed by atoms with Crippen molar-refractivity contribution in [1.29, 1.82) is 0 Å². The van der Waals surface area contributed by atoms with Crippen LogP contribution >= 0.6 is 15.9 Å². The molecule has 1 fully saturated rings. The first-order chi connectivity index (χ1) is 7.29. The van der Waals surface area contributed by atoms with Crippen LogP contribution in [0.2, 0.25) is 0 Å². The molecule has 0 radical (unpaired) electrons. The summed E-state index contributed by atoms with van der Waals surface area (Å²) in [6.45, 7) is 1.98. The maximum absolute atomic E-state index is 5.64. The molecule has 1 aromatic carbocycles. The molecule has 1 aliphatic rings. The Morgan fingerprint density at radius 3 is 2.87 bits per heavy atom. The summed E-state index contributed by atoms with van der Waals surface area (Å²) in [7, 11) is 1.67. The van der Waals surface area contributed by atoms with E-state index < -0.39 is 0 Å². The number of rotatable bonds is 4. The van der Waals surface area contributed by atoms with Gasteiger partial charge in [0.25, 0.3) is 0 Å². The molecule has 1 heterocycles. The van der Waals surface area contributed by atoms with Crippen LogP contribution in [-0.4, -0.2) is 26.4 Å². The first-order valence-corrected chi connectivity index (χ1v) is 5.60. The summed E-state index contributed by atoms with van der Waals surface area (Å²) in [5, 5.41) is 0. The molecule has 4 heteroatoms. The number of hydrogen-bond donors (Lipinski definition) is 0. The molecule has 15 heavy (non-hydrogen) atoms. The summed E-state index contributed by atoms with van der Waals surface area (Å²) in [5.74, 6) is 0.860. The van der Waals surface area contributed by atoms with E-state index in [2.05, 4.69) is 15.9 Å². The Hall–Kier alpha value is -0.580. The molecule has 0 unspecified atom stereocenters. The lowest BCUT2D eigenvalue weighted by atomic mass is 10.2. The normalized spacial score (nSPS) is 16.1. The number of methoxy groups -OCH3 is 1. The fourth-order valence-corrected chi connectivity index (χ4v) is 1.79. The van der Waals surface area contributed by atoms with Crippen molar-refractivity contribution in [2.75, 3.05) is 20.3 Å². The second-order valence-electron chi connectivity index (χ2n) is 3.43. The Kier molecular flexibility index (Phi) is 3.61. The molecule has 0 amide bonds. The van der Waals surface area contributed by atoms with Gasteiger partial charge in [0.1, 0.15) is 11.9 Å². The first kappa shape index (κ1) is 10.9. The SMILES string of the molecule is COc1ccc(Br)cc1COC1COC1. The van der Waals surface area contributed by atoms with Gasteiger partial charge >= 0.3 is 0 Å². The molecular formula is C11H13BrO3. The van der Waals surface area contributed by atoms with Gasteiger partial charge in [0.2, 0.25) is 0 Å². The van der Waals surface area contributed by atoms with Crippen LogP contribution in [0.1, 0.15) is 5.56 Å². The largest absolute Gasteiger partial charge is 0.496 e. The molecule has 0 bridgehead atoms. The van der Waals surface area contributed by atoms with E-state index in [9.17, 15) is 0 Å². The van der Waals surface area contributed by atoms with Gasteiger partial charge in [-0.1, -0.05) is 15.9 Å². The van der Waals surface area contributed by atoms with E-state index in [-0.39, 0.29) is 6.10 Å². The van der Waals surface area contributed by atoms with Gasteiger partial charge in [0.15, 0.2) is 0 Å². The van der Waals surface area contributed by atoms with Crippen LogP contribution in [0.15, 0.2) is 22.7 Å². The minimum absolute atomic E-state index is 0.244. The van der Waals surface area contributed by atoms with E-state index in [0.29, 0.717) is 19.8 Å². The smallest absolute Gasteiger partial charge is 0.124 e.